The molecule has 0 bridgehead atoms. The SMILES string of the molecule is [2H]C([2H])(SC)C([2H])([2H])C(N)C(=O)O. The van der Waals surface area contributed by atoms with E-state index >= 15 is 0 Å². The van der Waals surface area contributed by atoms with Gasteiger partial charge in [0.2, 0.25) is 0 Å². The molecule has 3 N–H and O–H groups in total. The fourth-order valence-corrected chi connectivity index (χ4v) is 0.429. The molecule has 0 amide bonds. The summed E-state index contributed by atoms with van der Waals surface area (Å²) in [5.74, 6) is -1.55. The zero-order valence-corrected chi connectivity index (χ0v) is 5.73. The third kappa shape index (κ3) is 4.29. The smallest absolute Gasteiger partial charge is 0.320 e. The van der Waals surface area contributed by atoms with Crippen LogP contribution in [0.5, 0.6) is 0 Å². The maximum absolute atomic E-state index is 10.4. The van der Waals surface area contributed by atoms with Crippen molar-refractivity contribution >= 4 is 17.7 Å². The van der Waals surface area contributed by atoms with Gasteiger partial charge in [-0.15, -0.1) is 0 Å². The van der Waals surface area contributed by atoms with E-state index in [4.69, 9.17) is 16.3 Å². The van der Waals surface area contributed by atoms with Crippen LogP contribution in [0, 0.1) is 0 Å². The standard InChI is InChI=1S/C5H11NO2S/c1-9-3-2-4(6)5(7)8/h4H,2-3,6H2,1H3,(H,7,8)/i2D2,3D2. The highest BCUT2D eigenvalue weighted by Crippen LogP contribution is 1.97. The summed E-state index contributed by atoms with van der Waals surface area (Å²) in [7, 11) is 0. The van der Waals surface area contributed by atoms with E-state index in [-0.39, 0.29) is 0 Å². The lowest BCUT2D eigenvalue weighted by molar-refractivity contribution is -0.138. The van der Waals surface area contributed by atoms with Crippen LogP contribution in [0.25, 0.3) is 0 Å². The van der Waals surface area contributed by atoms with Crippen molar-refractivity contribution < 1.29 is 15.4 Å². The number of carbonyl (C=O) groups is 1. The second kappa shape index (κ2) is 4.64. The average molecular weight is 153 g/mol. The Morgan fingerprint density at radius 1 is 2.11 bits per heavy atom. The molecular weight excluding hydrogens is 138 g/mol. The lowest BCUT2D eigenvalue weighted by Gasteiger charge is -2.02. The van der Waals surface area contributed by atoms with Gasteiger partial charge in [-0.3, -0.25) is 4.79 Å². The molecule has 0 aromatic carbocycles. The van der Waals surface area contributed by atoms with E-state index in [9.17, 15) is 4.79 Å². The van der Waals surface area contributed by atoms with E-state index in [0.29, 0.717) is 11.8 Å². The van der Waals surface area contributed by atoms with Gasteiger partial charge in [-0.05, 0) is 18.3 Å². The first kappa shape index (κ1) is 3.83. The Balaban J connectivity index is 4.84. The van der Waals surface area contributed by atoms with Gasteiger partial charge in [0.1, 0.15) is 6.04 Å². The molecule has 4 heteroatoms. The molecule has 0 aromatic rings. The predicted octanol–water partition coefficient (Wildman–Crippen LogP) is 0.151. The first-order chi connectivity index (χ1) is 5.66. The molecule has 0 aromatic heterocycles. The molecule has 9 heavy (non-hydrogen) atoms. The second-order valence-electron chi connectivity index (χ2n) is 1.27. The third-order valence-electron chi connectivity index (χ3n) is 0.583. The van der Waals surface area contributed by atoms with Crippen LogP contribution in [0.4, 0.5) is 0 Å². The number of carboxylic acid groups (broad SMARTS) is 1. The van der Waals surface area contributed by atoms with E-state index in [0.717, 1.165) is 0 Å². The van der Waals surface area contributed by atoms with Crippen molar-refractivity contribution in [3.63, 3.8) is 0 Å². The van der Waals surface area contributed by atoms with Gasteiger partial charge in [-0.2, -0.15) is 11.8 Å². The molecule has 0 fully saturated rings. The summed E-state index contributed by atoms with van der Waals surface area (Å²) in [4.78, 5) is 10.4. The van der Waals surface area contributed by atoms with Crippen molar-refractivity contribution in [2.75, 3.05) is 12.0 Å². The minimum Gasteiger partial charge on any atom is -0.480 e. The molecule has 0 aliphatic heterocycles. The summed E-state index contributed by atoms with van der Waals surface area (Å²) < 4.78 is 28.9. The largest absolute Gasteiger partial charge is 0.480 e. The molecule has 0 heterocycles. The molecule has 0 rings (SSSR count). The van der Waals surface area contributed by atoms with Crippen molar-refractivity contribution in [2.45, 2.75) is 12.4 Å². The Kier molecular flexibility index (Phi) is 1.97. The number of hydrogen-bond acceptors (Lipinski definition) is 3. The van der Waals surface area contributed by atoms with Crippen molar-refractivity contribution in [3.8, 4) is 0 Å². The molecule has 0 radical (unpaired) electrons. The van der Waals surface area contributed by atoms with Crippen molar-refractivity contribution in [3.05, 3.63) is 0 Å². The molecular formula is C5H11NO2S. The normalized spacial score (nSPS) is 22.9. The molecule has 1 unspecified atom stereocenters. The Labute approximate surface area is 64.2 Å². The van der Waals surface area contributed by atoms with Crippen LogP contribution in [0.3, 0.4) is 0 Å². The molecule has 0 saturated carbocycles. The van der Waals surface area contributed by atoms with Crippen molar-refractivity contribution in [1.82, 2.24) is 0 Å². The van der Waals surface area contributed by atoms with Gasteiger partial charge in [0, 0.05) is 5.48 Å². The zero-order valence-electron chi connectivity index (χ0n) is 8.92. The maximum atomic E-state index is 10.4. The number of hydrogen-bond donors (Lipinski definition) is 2. The zero-order chi connectivity index (χ0) is 10.9. The van der Waals surface area contributed by atoms with Gasteiger partial charge in [0.25, 0.3) is 0 Å². The van der Waals surface area contributed by atoms with Crippen molar-refractivity contribution in [1.29, 1.82) is 0 Å². The molecule has 0 saturated heterocycles. The monoisotopic (exact) mass is 153 g/mol. The average Bonchev–Trinajstić information content (AvgIpc) is 2.02. The molecule has 0 aliphatic carbocycles. The number of thioether (sulfide) groups is 1. The summed E-state index contributed by atoms with van der Waals surface area (Å²) in [5, 5.41) is 8.44. The number of carboxylic acids is 1. The number of nitrogens with two attached hydrogens (primary N) is 1. The summed E-state index contributed by atoms with van der Waals surface area (Å²) in [6.07, 6.45) is -1.25. The van der Waals surface area contributed by atoms with Gasteiger partial charge < -0.3 is 10.8 Å². The highest BCUT2D eigenvalue weighted by molar-refractivity contribution is 7.98. The Hall–Kier alpha value is -0.220. The number of rotatable bonds is 4. The van der Waals surface area contributed by atoms with Crippen LogP contribution < -0.4 is 5.73 Å². The fraction of sp³-hybridized carbons (Fsp3) is 0.800. The van der Waals surface area contributed by atoms with Crippen LogP contribution in [0.1, 0.15) is 11.9 Å². The second-order valence-corrected chi connectivity index (χ2v) is 1.88. The number of aliphatic carboxylic acids is 1. The summed E-state index contributed by atoms with van der Waals surface area (Å²) >= 11 is 0.595. The third-order valence-corrected chi connectivity index (χ3v) is 0.905. The topological polar surface area (TPSA) is 63.3 Å². The minimum atomic E-state index is -2.60. The van der Waals surface area contributed by atoms with Crippen LogP contribution in [-0.2, 0) is 4.79 Å². The van der Waals surface area contributed by atoms with E-state index in [2.05, 4.69) is 0 Å². The van der Waals surface area contributed by atoms with Gasteiger partial charge in [-0.1, -0.05) is 0 Å². The maximum Gasteiger partial charge on any atom is 0.320 e. The Morgan fingerprint density at radius 2 is 2.67 bits per heavy atom. The van der Waals surface area contributed by atoms with Gasteiger partial charge in [0.05, 0.1) is 0 Å². The lowest BCUT2D eigenvalue weighted by atomic mass is 10.2. The summed E-state index contributed by atoms with van der Waals surface area (Å²) in [6.45, 7) is 0. The Bertz CT molecular complexity index is 211. The van der Waals surface area contributed by atoms with Crippen LogP contribution in [-0.4, -0.2) is 29.1 Å². The van der Waals surface area contributed by atoms with E-state index in [1.54, 1.807) is 0 Å². The molecule has 0 spiro atoms. The van der Waals surface area contributed by atoms with Crippen molar-refractivity contribution in [2.24, 2.45) is 5.73 Å². The van der Waals surface area contributed by atoms with E-state index in [1.807, 2.05) is 0 Å². The Morgan fingerprint density at radius 3 is 3.00 bits per heavy atom. The molecule has 0 aliphatic rings. The minimum absolute atomic E-state index is 0.595. The summed E-state index contributed by atoms with van der Waals surface area (Å²) in [5.41, 5.74) is 2.71. The quantitative estimate of drug-likeness (QED) is 0.603. The molecule has 1 atom stereocenters. The highest BCUT2D eigenvalue weighted by Gasteiger charge is 2.08. The summed E-state index contributed by atoms with van der Waals surface area (Å²) in [6, 6.07) is -1.87. The van der Waals surface area contributed by atoms with E-state index in [1.165, 1.54) is 6.26 Å². The predicted molar refractivity (Wildman–Crippen MR) is 38.6 cm³/mol. The fourth-order valence-electron chi connectivity index (χ4n) is 0.184. The van der Waals surface area contributed by atoms with Gasteiger partial charge >= 0.3 is 5.97 Å². The first-order valence-corrected chi connectivity index (χ1v) is 3.43. The first-order valence-electron chi connectivity index (χ1n) is 4.20. The van der Waals surface area contributed by atoms with Gasteiger partial charge in [0.15, 0.2) is 0 Å². The van der Waals surface area contributed by atoms with Crippen LogP contribution in [0.2, 0.25) is 0 Å². The van der Waals surface area contributed by atoms with Crippen LogP contribution in [0.15, 0.2) is 0 Å². The van der Waals surface area contributed by atoms with Gasteiger partial charge in [-0.25, -0.2) is 0 Å². The molecule has 3 nitrogen and oxygen atoms in total. The van der Waals surface area contributed by atoms with Crippen LogP contribution >= 0.6 is 11.8 Å². The molecule has 54 valence electrons. The highest BCUT2D eigenvalue weighted by atomic mass is 32.2. The van der Waals surface area contributed by atoms with E-state index < -0.39 is 24.1 Å². The lowest BCUT2D eigenvalue weighted by Crippen LogP contribution is -2.30.